The van der Waals surface area contributed by atoms with Gasteiger partial charge in [-0.2, -0.15) is 0 Å². The molecule has 0 saturated heterocycles. The van der Waals surface area contributed by atoms with Crippen LogP contribution in [0.2, 0.25) is 0 Å². The van der Waals surface area contributed by atoms with Crippen LogP contribution in [0.25, 0.3) is 0 Å². The van der Waals surface area contributed by atoms with Crippen LogP contribution >= 0.6 is 65.0 Å². The lowest BCUT2D eigenvalue weighted by atomic mass is 10.2. The van der Waals surface area contributed by atoms with Gasteiger partial charge in [-0.3, -0.25) is 4.79 Å². The van der Waals surface area contributed by atoms with E-state index in [9.17, 15) is 4.79 Å². The molecule has 2 aromatic rings. The number of nitrogens with one attached hydrogen (secondary N) is 1. The Morgan fingerprint density at radius 1 is 0.857 bits per heavy atom. The molecule has 0 spiro atoms. The Hall–Kier alpha value is -0.170. The molecule has 2 rings (SSSR count). The molecule has 0 heterocycles. The van der Waals surface area contributed by atoms with E-state index < -0.39 is 0 Å². The maximum atomic E-state index is 12.1. The van der Waals surface area contributed by atoms with E-state index in [1.54, 1.807) is 36.4 Å². The van der Waals surface area contributed by atoms with E-state index in [2.05, 4.69) is 5.32 Å². The van der Waals surface area contributed by atoms with E-state index in [1.807, 2.05) is 6.07 Å². The fourth-order valence-electron chi connectivity index (χ4n) is 1.57. The second kappa shape index (κ2) is 8.46. The summed E-state index contributed by atoms with van der Waals surface area (Å²) in [4.78, 5) is 14.7. The first-order valence-electron chi connectivity index (χ1n) is 5.59. The molecule has 0 bridgehead atoms. The monoisotopic (exact) mass is 395 g/mol. The van der Waals surface area contributed by atoms with Crippen molar-refractivity contribution in [2.24, 2.45) is 0 Å². The lowest BCUT2D eigenvalue weighted by Crippen LogP contribution is -2.11. The van der Waals surface area contributed by atoms with Crippen LogP contribution in [0.15, 0.2) is 57.2 Å². The minimum Gasteiger partial charge on any atom is -0.322 e. The van der Waals surface area contributed by atoms with Gasteiger partial charge in [-0.15, -0.1) is 0 Å². The first kappa shape index (κ1) is 17.2. The van der Waals surface area contributed by atoms with E-state index in [4.69, 9.17) is 32.0 Å². The highest BCUT2D eigenvalue weighted by Gasteiger charge is 2.09. The standard InChI is InChI=1S/C13H8Cl3NOS3/c14-19-10-4-1-8(2-5-10)13(18)17-9-3-6-11(20-15)12(7-9)21-16/h1-7H,(H,17,18). The van der Waals surface area contributed by atoms with Gasteiger partial charge < -0.3 is 5.32 Å². The molecule has 1 N–H and O–H groups in total. The summed E-state index contributed by atoms with van der Waals surface area (Å²) >= 11 is 0. The van der Waals surface area contributed by atoms with Crippen LogP contribution in [0.5, 0.6) is 0 Å². The number of amides is 1. The minimum atomic E-state index is -0.196. The van der Waals surface area contributed by atoms with Gasteiger partial charge in [-0.25, -0.2) is 0 Å². The Labute approximate surface area is 148 Å². The molecular formula is C13H8Cl3NOS3. The number of rotatable bonds is 5. The van der Waals surface area contributed by atoms with Crippen molar-refractivity contribution in [2.75, 3.05) is 5.32 Å². The summed E-state index contributed by atoms with van der Waals surface area (Å²) in [6.07, 6.45) is 0. The summed E-state index contributed by atoms with van der Waals surface area (Å²) in [5, 5.41) is 2.82. The third-order valence-electron chi connectivity index (χ3n) is 2.57. The molecule has 0 saturated carbocycles. The molecular weight excluding hydrogens is 389 g/mol. The number of hydrogen-bond acceptors (Lipinski definition) is 4. The molecule has 0 atom stereocenters. The fraction of sp³-hybridized carbons (Fsp3) is 0. The number of carbonyl (C=O) groups is 1. The Kier molecular flexibility index (Phi) is 6.92. The summed E-state index contributed by atoms with van der Waals surface area (Å²) in [5.41, 5.74) is 1.22. The molecule has 0 aliphatic rings. The lowest BCUT2D eigenvalue weighted by Gasteiger charge is -2.08. The van der Waals surface area contributed by atoms with Gasteiger partial charge in [0.1, 0.15) is 0 Å². The normalized spacial score (nSPS) is 10.4. The largest absolute Gasteiger partial charge is 0.322 e. The molecule has 0 aliphatic carbocycles. The predicted molar refractivity (Wildman–Crippen MR) is 96.0 cm³/mol. The van der Waals surface area contributed by atoms with Gasteiger partial charge in [0, 0.05) is 25.9 Å². The zero-order chi connectivity index (χ0) is 15.2. The average molecular weight is 397 g/mol. The Balaban J connectivity index is 2.14. The molecule has 0 fully saturated rings. The Bertz CT molecular complexity index is 637. The molecule has 2 nitrogen and oxygen atoms in total. The molecule has 0 radical (unpaired) electrons. The second-order valence-electron chi connectivity index (χ2n) is 3.87. The predicted octanol–water partition coefficient (Wildman–Crippen LogP) is 6.68. The van der Waals surface area contributed by atoms with E-state index in [-0.39, 0.29) is 5.91 Å². The van der Waals surface area contributed by atoms with Gasteiger partial charge in [-0.1, -0.05) is 0 Å². The molecule has 0 aliphatic heterocycles. The molecule has 21 heavy (non-hydrogen) atoms. The summed E-state index contributed by atoms with van der Waals surface area (Å²) in [6, 6.07) is 12.4. The minimum absolute atomic E-state index is 0.196. The van der Waals surface area contributed by atoms with Crippen molar-refractivity contribution in [3.63, 3.8) is 0 Å². The highest BCUT2D eigenvalue weighted by atomic mass is 35.7. The topological polar surface area (TPSA) is 29.1 Å². The molecule has 1 amide bonds. The smallest absolute Gasteiger partial charge is 0.255 e. The quantitative estimate of drug-likeness (QED) is 0.610. The maximum absolute atomic E-state index is 12.1. The van der Waals surface area contributed by atoms with Crippen molar-refractivity contribution < 1.29 is 4.79 Å². The first-order chi connectivity index (χ1) is 10.2. The number of halogens is 3. The van der Waals surface area contributed by atoms with Gasteiger partial charge in [0.25, 0.3) is 5.91 Å². The van der Waals surface area contributed by atoms with Gasteiger partial charge in [-0.05, 0) is 107 Å². The van der Waals surface area contributed by atoms with Crippen molar-refractivity contribution in [1.82, 2.24) is 0 Å². The van der Waals surface area contributed by atoms with E-state index in [0.717, 1.165) is 47.6 Å². The van der Waals surface area contributed by atoms with Gasteiger partial charge in [0.2, 0.25) is 0 Å². The van der Waals surface area contributed by atoms with Crippen molar-refractivity contribution >= 4 is 76.6 Å². The summed E-state index contributed by atoms with van der Waals surface area (Å²) < 4.78 is 0. The van der Waals surface area contributed by atoms with Crippen LogP contribution in [0, 0.1) is 0 Å². The number of anilines is 1. The van der Waals surface area contributed by atoms with Crippen LogP contribution in [0.3, 0.4) is 0 Å². The molecule has 0 aromatic heterocycles. The van der Waals surface area contributed by atoms with Crippen LogP contribution in [0.4, 0.5) is 5.69 Å². The second-order valence-corrected chi connectivity index (χ2v) is 7.07. The van der Waals surface area contributed by atoms with Gasteiger partial charge >= 0.3 is 0 Å². The SMILES string of the molecule is O=C(Nc1ccc(SCl)c(SCl)c1)c1ccc(SCl)cc1. The number of benzene rings is 2. The average Bonchev–Trinajstić information content (AvgIpc) is 2.54. The molecule has 110 valence electrons. The molecule has 0 unspecified atom stereocenters. The van der Waals surface area contributed by atoms with E-state index in [1.165, 1.54) is 0 Å². The lowest BCUT2D eigenvalue weighted by molar-refractivity contribution is 0.102. The van der Waals surface area contributed by atoms with Crippen molar-refractivity contribution in [3.05, 3.63) is 48.0 Å². The number of hydrogen-bond donors (Lipinski definition) is 1. The van der Waals surface area contributed by atoms with Crippen LogP contribution in [-0.4, -0.2) is 5.91 Å². The summed E-state index contributed by atoms with van der Waals surface area (Å²) in [6.45, 7) is 0. The number of carbonyl (C=O) groups excluding carboxylic acids is 1. The Morgan fingerprint density at radius 3 is 2.10 bits per heavy atom. The van der Waals surface area contributed by atoms with E-state index >= 15 is 0 Å². The molecule has 8 heteroatoms. The van der Waals surface area contributed by atoms with Crippen molar-refractivity contribution in [3.8, 4) is 0 Å². The highest BCUT2D eigenvalue weighted by molar-refractivity contribution is 8.23. The van der Waals surface area contributed by atoms with E-state index in [0.29, 0.717) is 11.3 Å². The van der Waals surface area contributed by atoms with Gasteiger partial charge in [0.15, 0.2) is 0 Å². The zero-order valence-corrected chi connectivity index (χ0v) is 15.0. The fourth-order valence-corrected chi connectivity index (χ4v) is 4.00. The van der Waals surface area contributed by atoms with Crippen molar-refractivity contribution in [1.29, 1.82) is 0 Å². The van der Waals surface area contributed by atoms with Crippen LogP contribution in [0.1, 0.15) is 10.4 Å². The Morgan fingerprint density at radius 2 is 1.52 bits per heavy atom. The third-order valence-corrected chi connectivity index (χ3v) is 5.71. The molecule has 2 aromatic carbocycles. The first-order valence-corrected chi connectivity index (χ1v) is 10.5. The highest BCUT2D eigenvalue weighted by Crippen LogP contribution is 2.36. The van der Waals surface area contributed by atoms with Crippen LogP contribution < -0.4 is 5.32 Å². The summed E-state index contributed by atoms with van der Waals surface area (Å²) in [5.74, 6) is -0.196. The third kappa shape index (κ3) is 4.65. The maximum Gasteiger partial charge on any atom is 0.255 e. The van der Waals surface area contributed by atoms with Gasteiger partial charge in [0.05, 0.1) is 0 Å². The van der Waals surface area contributed by atoms with Crippen LogP contribution in [-0.2, 0) is 0 Å². The van der Waals surface area contributed by atoms with Crippen molar-refractivity contribution in [2.45, 2.75) is 14.7 Å². The summed E-state index contributed by atoms with van der Waals surface area (Å²) in [7, 11) is 20.4. The zero-order valence-electron chi connectivity index (χ0n) is 10.3.